The number of amides is 7. The molecule has 0 radical (unpaired) electrons. The summed E-state index contributed by atoms with van der Waals surface area (Å²) >= 11 is 0. The predicted molar refractivity (Wildman–Crippen MR) is 265 cm³/mol. The maximum absolute atomic E-state index is 15.1. The van der Waals surface area contributed by atoms with E-state index in [1.807, 2.05) is 55.7 Å². The lowest BCUT2D eigenvalue weighted by Crippen LogP contribution is -2.56. The van der Waals surface area contributed by atoms with Gasteiger partial charge in [0.1, 0.15) is 42.4 Å². The summed E-state index contributed by atoms with van der Waals surface area (Å²) in [6.45, 7) is 8.09. The van der Waals surface area contributed by atoms with Crippen molar-refractivity contribution in [1.29, 1.82) is 0 Å². The molecule has 0 saturated carbocycles. The number of alkyl halides is 3. The maximum atomic E-state index is 15.1. The molecule has 2 aromatic carbocycles. The standard InChI is InChI=1S/C48H67F2N9O10.C2HF3O2/c1-29(54-40(62)16-11-17-41(63)56-36(47(68)69)15-9-10-20-51)44(65)55-30(2)45(66)57-37(25-39(52)61)46(67)53-21-12-22-59(42(64)28-60)43(48(3,4)5)38-23-32(34-24-33(49)18-19-35(34)50)27-58(38)26-31-13-7-6-8-14-31;3-2(4,5)1(6)7/h6-8,13-14,18-19,23-24,27,29-30,36-37,43,60H,9-12,15-17,20-22,25-26,28,51H2,1-5H3,(H2,52,61)(H,53,67)(H,54,62)(H,55,65)(H,56,63)(H,57,66)(H,68,69);(H,6,7)/t29-,30-,36-,37-,43-;/m0./s1. The van der Waals surface area contributed by atoms with Gasteiger partial charge in [-0.25, -0.2) is 18.4 Å². The molecular weight excluding hydrogens is 1010 g/mol. The highest BCUT2D eigenvalue weighted by molar-refractivity contribution is 5.95. The van der Waals surface area contributed by atoms with Crippen molar-refractivity contribution in [2.24, 2.45) is 16.9 Å². The Morgan fingerprint density at radius 3 is 1.89 bits per heavy atom. The highest BCUT2D eigenvalue weighted by atomic mass is 19.4. The van der Waals surface area contributed by atoms with Gasteiger partial charge in [-0.3, -0.25) is 33.6 Å². The van der Waals surface area contributed by atoms with E-state index in [-0.39, 0.29) is 50.8 Å². The number of aliphatic hydroxyl groups is 1. The van der Waals surface area contributed by atoms with Crippen molar-refractivity contribution in [1.82, 2.24) is 36.1 Å². The molecule has 1 aromatic heterocycles. The summed E-state index contributed by atoms with van der Waals surface area (Å²) in [5.74, 6) is -10.3. The van der Waals surface area contributed by atoms with E-state index >= 15 is 4.39 Å². The highest BCUT2D eigenvalue weighted by Crippen LogP contribution is 2.41. The number of aliphatic carboxylic acids is 2. The second-order valence-electron chi connectivity index (χ2n) is 18.7. The molecule has 3 rings (SSSR count). The number of halogens is 5. The number of nitrogens with zero attached hydrogens (tertiary/aromatic N) is 2. The highest BCUT2D eigenvalue weighted by Gasteiger charge is 2.39. The number of rotatable bonds is 28. The van der Waals surface area contributed by atoms with Crippen LogP contribution in [0.2, 0.25) is 0 Å². The minimum Gasteiger partial charge on any atom is -0.480 e. The number of carbonyl (C=O) groups is 9. The molecule has 0 aliphatic heterocycles. The maximum Gasteiger partial charge on any atom is 0.490 e. The Bertz CT molecular complexity index is 2470. The summed E-state index contributed by atoms with van der Waals surface area (Å²) in [6, 6.07) is 8.51. The Hall–Kier alpha value is -7.48. The van der Waals surface area contributed by atoms with Crippen molar-refractivity contribution in [3.05, 3.63) is 83.7 Å². The number of aliphatic hydroxyl groups excluding tert-OH is 1. The van der Waals surface area contributed by atoms with Crippen LogP contribution in [0.1, 0.15) is 103 Å². The number of carboxylic acid groups (broad SMARTS) is 2. The first-order chi connectivity index (χ1) is 35.5. The summed E-state index contributed by atoms with van der Waals surface area (Å²) in [5, 5.41) is 39.0. The molecular formula is C50H68F5N9O12. The zero-order chi connectivity index (χ0) is 57.5. The molecule has 420 valence electrons. The molecule has 0 aliphatic rings. The average molecular weight is 1080 g/mol. The third-order valence-electron chi connectivity index (χ3n) is 11.3. The SMILES string of the molecule is C[C@H](NC(=O)CCCC(=O)N[C@@H](CCCCN)C(=O)O)C(=O)N[C@@H](C)C(=O)N[C@@H](CC(N)=O)C(=O)NCCCN(C(=O)CO)[C@@H](c1cc(-c2cc(F)ccc2F)cn1Cc1ccccc1)C(C)(C)C.O=C(O)C(F)(F)F. The zero-order valence-corrected chi connectivity index (χ0v) is 42.8. The van der Waals surface area contributed by atoms with Crippen LogP contribution in [0.3, 0.4) is 0 Å². The van der Waals surface area contributed by atoms with Crippen molar-refractivity contribution in [2.75, 3.05) is 26.2 Å². The summed E-state index contributed by atoms with van der Waals surface area (Å²) in [7, 11) is 0. The van der Waals surface area contributed by atoms with E-state index in [0.717, 1.165) is 23.8 Å². The molecule has 0 spiro atoms. The van der Waals surface area contributed by atoms with Gasteiger partial charge in [-0.15, -0.1) is 0 Å². The lowest BCUT2D eigenvalue weighted by Gasteiger charge is -2.41. The number of hydrogen-bond acceptors (Lipinski definition) is 11. The number of carbonyl (C=O) groups excluding carboxylic acids is 7. The fraction of sp³-hybridized carbons (Fsp3) is 0.500. The predicted octanol–water partition coefficient (Wildman–Crippen LogP) is 2.77. The molecule has 1 heterocycles. The fourth-order valence-electron chi connectivity index (χ4n) is 7.60. The Morgan fingerprint density at radius 1 is 0.750 bits per heavy atom. The fourth-order valence-corrected chi connectivity index (χ4v) is 7.60. The number of nitrogens with two attached hydrogens (primary N) is 2. The minimum atomic E-state index is -5.08. The third-order valence-corrected chi connectivity index (χ3v) is 11.3. The number of hydrogen-bond donors (Lipinski definition) is 10. The summed E-state index contributed by atoms with van der Waals surface area (Å²) in [5.41, 5.74) is 12.0. The molecule has 26 heteroatoms. The Kier molecular flexibility index (Phi) is 26.2. The molecule has 0 unspecified atom stereocenters. The van der Waals surface area contributed by atoms with Crippen LogP contribution in [0.5, 0.6) is 0 Å². The zero-order valence-electron chi connectivity index (χ0n) is 42.8. The van der Waals surface area contributed by atoms with E-state index in [1.54, 1.807) is 12.3 Å². The van der Waals surface area contributed by atoms with Crippen molar-refractivity contribution >= 4 is 53.3 Å². The Morgan fingerprint density at radius 2 is 1.34 bits per heavy atom. The average Bonchev–Trinajstić information content (AvgIpc) is 3.73. The molecule has 3 aromatic rings. The number of aromatic nitrogens is 1. The summed E-state index contributed by atoms with van der Waals surface area (Å²) in [6.07, 6.45) is -2.80. The molecule has 0 aliphatic carbocycles. The van der Waals surface area contributed by atoms with Crippen LogP contribution in [0.15, 0.2) is 60.8 Å². The van der Waals surface area contributed by atoms with Crippen molar-refractivity contribution < 1.29 is 80.4 Å². The van der Waals surface area contributed by atoms with Crippen LogP contribution in [0, 0.1) is 17.0 Å². The third kappa shape index (κ3) is 22.2. The van der Waals surface area contributed by atoms with E-state index in [4.69, 9.17) is 21.4 Å². The smallest absolute Gasteiger partial charge is 0.480 e. The van der Waals surface area contributed by atoms with Crippen LogP contribution in [0.25, 0.3) is 11.1 Å². The molecule has 7 amide bonds. The van der Waals surface area contributed by atoms with Gasteiger partial charge in [0.05, 0.1) is 12.5 Å². The Labute approximate surface area is 435 Å². The van der Waals surface area contributed by atoms with Gasteiger partial charge in [-0.2, -0.15) is 13.2 Å². The van der Waals surface area contributed by atoms with Gasteiger partial charge >= 0.3 is 18.1 Å². The molecule has 5 atom stereocenters. The van der Waals surface area contributed by atoms with Crippen molar-refractivity contribution in [2.45, 2.75) is 129 Å². The van der Waals surface area contributed by atoms with E-state index in [0.29, 0.717) is 37.2 Å². The lowest BCUT2D eigenvalue weighted by atomic mass is 9.83. The topological polar surface area (TPSA) is 335 Å². The van der Waals surface area contributed by atoms with Crippen LogP contribution < -0.4 is 38.1 Å². The van der Waals surface area contributed by atoms with E-state index < -0.39 is 120 Å². The largest absolute Gasteiger partial charge is 0.490 e. The number of benzene rings is 2. The molecule has 12 N–H and O–H groups in total. The molecule has 0 saturated heterocycles. The number of nitrogens with one attached hydrogen (secondary N) is 5. The lowest BCUT2D eigenvalue weighted by molar-refractivity contribution is -0.192. The van der Waals surface area contributed by atoms with Crippen molar-refractivity contribution in [3.8, 4) is 11.1 Å². The molecule has 0 fully saturated rings. The first-order valence-corrected chi connectivity index (χ1v) is 24.1. The second-order valence-corrected chi connectivity index (χ2v) is 18.7. The van der Waals surface area contributed by atoms with E-state index in [2.05, 4.69) is 26.6 Å². The van der Waals surface area contributed by atoms with Crippen LogP contribution in [-0.2, 0) is 49.7 Å². The first-order valence-electron chi connectivity index (χ1n) is 24.1. The molecule has 76 heavy (non-hydrogen) atoms. The van der Waals surface area contributed by atoms with Gasteiger partial charge in [0.2, 0.25) is 41.4 Å². The quantitative estimate of drug-likeness (QED) is 0.0370. The monoisotopic (exact) mass is 1080 g/mol. The van der Waals surface area contributed by atoms with Gasteiger partial charge < -0.3 is 62.8 Å². The first kappa shape index (κ1) is 64.6. The van der Waals surface area contributed by atoms with Crippen LogP contribution in [-0.4, -0.2) is 135 Å². The van der Waals surface area contributed by atoms with Gasteiger partial charge in [-0.1, -0.05) is 51.1 Å². The molecule has 21 nitrogen and oxygen atoms in total. The van der Waals surface area contributed by atoms with Gasteiger partial charge in [0.15, 0.2) is 0 Å². The minimum absolute atomic E-state index is 0.00900. The molecule has 0 bridgehead atoms. The van der Waals surface area contributed by atoms with Crippen molar-refractivity contribution in [3.63, 3.8) is 0 Å². The summed E-state index contributed by atoms with van der Waals surface area (Å²) < 4.78 is 63.1. The number of primary amides is 1. The second kappa shape index (κ2) is 30.8. The van der Waals surface area contributed by atoms with Gasteiger partial charge in [0.25, 0.3) is 0 Å². The van der Waals surface area contributed by atoms with E-state index in [9.17, 15) is 66.1 Å². The number of unbranched alkanes of at least 4 members (excludes halogenated alkanes) is 1. The normalized spacial score (nSPS) is 13.3. The van der Waals surface area contributed by atoms with Crippen LogP contribution in [0.4, 0.5) is 22.0 Å². The Balaban J connectivity index is 0.00000263. The van der Waals surface area contributed by atoms with Gasteiger partial charge in [0, 0.05) is 55.5 Å². The van der Waals surface area contributed by atoms with Gasteiger partial charge in [-0.05, 0) is 87.7 Å². The number of carboxylic acids is 2. The van der Waals surface area contributed by atoms with E-state index in [1.165, 1.54) is 18.7 Å². The van der Waals surface area contributed by atoms with Crippen LogP contribution >= 0.6 is 0 Å². The summed E-state index contributed by atoms with van der Waals surface area (Å²) in [4.78, 5) is 112.